The number of benzene rings is 1. The summed E-state index contributed by atoms with van der Waals surface area (Å²) in [4.78, 5) is 12.2. The molecule has 1 aliphatic rings. The van der Waals surface area contributed by atoms with Crippen molar-refractivity contribution in [3.63, 3.8) is 0 Å². The third-order valence-corrected chi connectivity index (χ3v) is 4.26. The minimum atomic E-state index is -0.461. The van der Waals surface area contributed by atoms with Crippen molar-refractivity contribution in [1.82, 2.24) is 5.32 Å². The Morgan fingerprint density at radius 2 is 2.09 bits per heavy atom. The van der Waals surface area contributed by atoms with Crippen LogP contribution in [0.2, 0.25) is 0 Å². The van der Waals surface area contributed by atoms with Crippen LogP contribution in [0.1, 0.15) is 18.4 Å². The maximum absolute atomic E-state index is 12.2. The normalized spacial score (nSPS) is 16.7. The van der Waals surface area contributed by atoms with E-state index in [-0.39, 0.29) is 11.8 Å². The van der Waals surface area contributed by atoms with Crippen LogP contribution < -0.4 is 20.5 Å². The van der Waals surface area contributed by atoms with E-state index in [1.807, 2.05) is 18.2 Å². The Balaban J connectivity index is 1.83. The number of hydrogen-bond donors (Lipinski definition) is 2. The Hall–Kier alpha value is -1.79. The van der Waals surface area contributed by atoms with Crippen molar-refractivity contribution in [1.29, 1.82) is 0 Å². The van der Waals surface area contributed by atoms with Gasteiger partial charge in [0.2, 0.25) is 5.91 Å². The number of nitrogens with one attached hydrogen (secondary N) is 1. The maximum Gasteiger partial charge on any atom is 0.237 e. The summed E-state index contributed by atoms with van der Waals surface area (Å²) in [5, 5.41) is 2.92. The van der Waals surface area contributed by atoms with E-state index in [0.29, 0.717) is 26.2 Å². The molecular weight excluding hydrogens is 296 g/mol. The molecule has 1 aliphatic heterocycles. The SMILES string of the molecule is COc1ccc(CCNC(=O)C(N)C2CCOCC2)c(OC)c1. The lowest BCUT2D eigenvalue weighted by Crippen LogP contribution is -2.47. The first-order valence-corrected chi connectivity index (χ1v) is 7.97. The first kappa shape index (κ1) is 17.6. The van der Waals surface area contributed by atoms with Crippen molar-refractivity contribution in [2.24, 2.45) is 11.7 Å². The number of nitrogens with two attached hydrogens (primary N) is 1. The van der Waals surface area contributed by atoms with Gasteiger partial charge in [-0.05, 0) is 36.8 Å². The average Bonchev–Trinajstić information content (AvgIpc) is 2.61. The van der Waals surface area contributed by atoms with Crippen molar-refractivity contribution in [2.45, 2.75) is 25.3 Å². The molecule has 23 heavy (non-hydrogen) atoms. The second-order valence-electron chi connectivity index (χ2n) is 5.69. The molecule has 1 aromatic rings. The highest BCUT2D eigenvalue weighted by Gasteiger charge is 2.26. The molecule has 6 heteroatoms. The molecule has 1 heterocycles. The average molecular weight is 322 g/mol. The Morgan fingerprint density at radius 1 is 1.35 bits per heavy atom. The fourth-order valence-corrected chi connectivity index (χ4v) is 2.79. The van der Waals surface area contributed by atoms with Gasteiger partial charge in [-0.1, -0.05) is 6.07 Å². The monoisotopic (exact) mass is 322 g/mol. The lowest BCUT2D eigenvalue weighted by atomic mass is 9.92. The highest BCUT2D eigenvalue weighted by Crippen LogP contribution is 2.24. The third-order valence-electron chi connectivity index (χ3n) is 4.26. The summed E-state index contributed by atoms with van der Waals surface area (Å²) in [5.74, 6) is 1.62. The largest absolute Gasteiger partial charge is 0.497 e. The van der Waals surface area contributed by atoms with Gasteiger partial charge in [0.05, 0.1) is 20.3 Å². The van der Waals surface area contributed by atoms with Gasteiger partial charge in [-0.25, -0.2) is 0 Å². The third kappa shape index (κ3) is 4.84. The number of carbonyl (C=O) groups excluding carboxylic acids is 1. The minimum absolute atomic E-state index is 0.0932. The molecular formula is C17H26N2O4. The first-order chi connectivity index (χ1) is 11.2. The van der Waals surface area contributed by atoms with E-state index in [4.69, 9.17) is 19.9 Å². The molecule has 1 amide bonds. The van der Waals surface area contributed by atoms with E-state index in [2.05, 4.69) is 5.32 Å². The molecule has 1 unspecified atom stereocenters. The molecule has 1 fully saturated rings. The lowest BCUT2D eigenvalue weighted by molar-refractivity contribution is -0.124. The fourth-order valence-electron chi connectivity index (χ4n) is 2.79. The number of amides is 1. The number of methoxy groups -OCH3 is 2. The number of carbonyl (C=O) groups is 1. The molecule has 0 bridgehead atoms. The molecule has 128 valence electrons. The summed E-state index contributed by atoms with van der Waals surface area (Å²) in [6.45, 7) is 1.90. The van der Waals surface area contributed by atoms with Crippen LogP contribution in [0, 0.1) is 5.92 Å². The summed E-state index contributed by atoms with van der Waals surface area (Å²) >= 11 is 0. The van der Waals surface area contributed by atoms with E-state index >= 15 is 0 Å². The van der Waals surface area contributed by atoms with Crippen LogP contribution >= 0.6 is 0 Å². The maximum atomic E-state index is 12.2. The number of ether oxygens (including phenoxy) is 3. The summed E-state index contributed by atoms with van der Waals surface area (Å²) in [6.07, 6.45) is 2.38. The van der Waals surface area contributed by atoms with Gasteiger partial charge >= 0.3 is 0 Å². The zero-order valence-corrected chi connectivity index (χ0v) is 13.8. The zero-order chi connectivity index (χ0) is 16.7. The van der Waals surface area contributed by atoms with Crippen LogP contribution in [-0.2, 0) is 16.0 Å². The summed E-state index contributed by atoms with van der Waals surface area (Å²) in [5.41, 5.74) is 7.08. The molecule has 1 aromatic carbocycles. The molecule has 3 N–H and O–H groups in total. The van der Waals surface area contributed by atoms with Gasteiger partial charge in [0, 0.05) is 25.8 Å². The molecule has 0 aromatic heterocycles. The van der Waals surface area contributed by atoms with Crippen molar-refractivity contribution in [3.8, 4) is 11.5 Å². The van der Waals surface area contributed by atoms with Crippen LogP contribution in [0.3, 0.4) is 0 Å². The number of hydrogen-bond acceptors (Lipinski definition) is 5. The molecule has 1 saturated heterocycles. The molecule has 1 atom stereocenters. The standard InChI is InChI=1S/C17H26N2O4/c1-21-14-4-3-12(15(11-14)22-2)5-8-19-17(20)16(18)13-6-9-23-10-7-13/h3-4,11,13,16H,5-10,18H2,1-2H3,(H,19,20). The Labute approximate surface area is 137 Å². The van der Waals surface area contributed by atoms with E-state index in [1.54, 1.807) is 14.2 Å². The van der Waals surface area contributed by atoms with Crippen molar-refractivity contribution >= 4 is 5.91 Å². The zero-order valence-electron chi connectivity index (χ0n) is 13.8. The predicted octanol–water partition coefficient (Wildman–Crippen LogP) is 1.12. The molecule has 0 saturated carbocycles. The Bertz CT molecular complexity index is 515. The van der Waals surface area contributed by atoms with Crippen LogP contribution in [0.15, 0.2) is 18.2 Å². The van der Waals surface area contributed by atoms with E-state index in [1.165, 1.54) is 0 Å². The first-order valence-electron chi connectivity index (χ1n) is 7.97. The van der Waals surface area contributed by atoms with Gasteiger partial charge in [0.25, 0.3) is 0 Å². The van der Waals surface area contributed by atoms with E-state index in [0.717, 1.165) is 29.9 Å². The highest BCUT2D eigenvalue weighted by molar-refractivity contribution is 5.81. The van der Waals surface area contributed by atoms with Gasteiger partial charge in [-0.15, -0.1) is 0 Å². The van der Waals surface area contributed by atoms with E-state index < -0.39 is 6.04 Å². The molecule has 0 radical (unpaired) electrons. The van der Waals surface area contributed by atoms with Gasteiger partial charge in [0.1, 0.15) is 11.5 Å². The highest BCUT2D eigenvalue weighted by atomic mass is 16.5. The van der Waals surface area contributed by atoms with Crippen molar-refractivity contribution in [2.75, 3.05) is 34.0 Å². The number of rotatable bonds is 7. The van der Waals surface area contributed by atoms with Crippen LogP contribution in [-0.4, -0.2) is 45.9 Å². The molecule has 0 aliphatic carbocycles. The quantitative estimate of drug-likeness (QED) is 0.786. The minimum Gasteiger partial charge on any atom is -0.497 e. The molecule has 6 nitrogen and oxygen atoms in total. The van der Waals surface area contributed by atoms with Crippen LogP contribution in [0.4, 0.5) is 0 Å². The van der Waals surface area contributed by atoms with Crippen LogP contribution in [0.25, 0.3) is 0 Å². The van der Waals surface area contributed by atoms with Gasteiger partial charge in [-0.3, -0.25) is 4.79 Å². The molecule has 2 rings (SSSR count). The Morgan fingerprint density at radius 3 is 2.74 bits per heavy atom. The second-order valence-corrected chi connectivity index (χ2v) is 5.69. The summed E-state index contributed by atoms with van der Waals surface area (Å²) < 4.78 is 15.8. The smallest absolute Gasteiger partial charge is 0.237 e. The van der Waals surface area contributed by atoms with Gasteiger partial charge < -0.3 is 25.3 Å². The Kier molecular flexibility index (Phi) is 6.67. The summed E-state index contributed by atoms with van der Waals surface area (Å²) in [6, 6.07) is 5.21. The van der Waals surface area contributed by atoms with E-state index in [9.17, 15) is 4.79 Å². The predicted molar refractivity (Wildman–Crippen MR) is 87.8 cm³/mol. The van der Waals surface area contributed by atoms with Crippen LogP contribution in [0.5, 0.6) is 11.5 Å². The van der Waals surface area contributed by atoms with Gasteiger partial charge in [-0.2, -0.15) is 0 Å². The second kappa shape index (κ2) is 8.74. The molecule has 0 spiro atoms. The summed E-state index contributed by atoms with van der Waals surface area (Å²) in [7, 11) is 3.24. The topological polar surface area (TPSA) is 82.8 Å². The van der Waals surface area contributed by atoms with Crippen molar-refractivity contribution < 1.29 is 19.0 Å². The van der Waals surface area contributed by atoms with Crippen molar-refractivity contribution in [3.05, 3.63) is 23.8 Å². The fraction of sp³-hybridized carbons (Fsp3) is 0.588. The lowest BCUT2D eigenvalue weighted by Gasteiger charge is -2.26. The van der Waals surface area contributed by atoms with Gasteiger partial charge in [0.15, 0.2) is 0 Å².